The lowest BCUT2D eigenvalue weighted by molar-refractivity contribution is 0.206. The van der Waals surface area contributed by atoms with E-state index in [0.717, 1.165) is 5.56 Å². The normalized spacial score (nSPS) is 17.6. The highest BCUT2D eigenvalue weighted by atomic mass is 31.3. The molecule has 0 bridgehead atoms. The minimum Gasteiger partial charge on any atom is -0.403 e. The molecule has 1 aromatic carbocycles. The highest BCUT2D eigenvalue weighted by Crippen LogP contribution is 2.66. The Bertz CT molecular complexity index is 685. The number of phosphoric ester groups is 1. The number of hydrogen-bond donors (Lipinski definition) is 4. The molecule has 0 heterocycles. The summed E-state index contributed by atoms with van der Waals surface area (Å²) in [5.41, 5.74) is 1.77. The van der Waals surface area contributed by atoms with Crippen LogP contribution in [0.2, 0.25) is 0 Å². The Balaban J connectivity index is 3.00. The van der Waals surface area contributed by atoms with Gasteiger partial charge in [0.1, 0.15) is 5.75 Å². The SMILES string of the molecule is Cc1cc(C)c(OP(=O)(O)OP(=O)(O)OP(=O)(O)O)c(C)c1. The van der Waals surface area contributed by atoms with Crippen LogP contribution in [-0.2, 0) is 22.3 Å². The third-order valence-electron chi connectivity index (χ3n) is 2.23. The minimum atomic E-state index is -5.51. The minimum absolute atomic E-state index is 0.0624. The molecule has 0 saturated heterocycles. The van der Waals surface area contributed by atoms with E-state index in [1.165, 1.54) is 0 Å². The number of hydrogen-bond acceptors (Lipinski definition) is 6. The number of aryl methyl sites for hydroxylation is 3. The summed E-state index contributed by atoms with van der Waals surface area (Å²) in [4.78, 5) is 35.4. The first-order valence-corrected chi connectivity index (χ1v) is 10.1. The molecule has 0 saturated carbocycles. The Kier molecular flexibility index (Phi) is 5.79. The molecule has 2 atom stereocenters. The Hall–Kier alpha value is -0.530. The van der Waals surface area contributed by atoms with Crippen molar-refractivity contribution >= 4 is 23.5 Å². The zero-order chi connectivity index (χ0) is 17.3. The van der Waals surface area contributed by atoms with Crippen molar-refractivity contribution < 1.29 is 46.4 Å². The Morgan fingerprint density at radius 3 is 1.68 bits per heavy atom. The number of phosphoric acid groups is 3. The van der Waals surface area contributed by atoms with Crippen LogP contribution in [0, 0.1) is 20.8 Å². The topological polar surface area (TPSA) is 160 Å². The molecule has 4 N–H and O–H groups in total. The van der Waals surface area contributed by atoms with Gasteiger partial charge in [0.25, 0.3) is 0 Å². The average Bonchev–Trinajstić information content (AvgIpc) is 2.17. The van der Waals surface area contributed by atoms with Crippen molar-refractivity contribution in [3.63, 3.8) is 0 Å². The molecule has 0 aliphatic heterocycles. The van der Waals surface area contributed by atoms with E-state index in [1.54, 1.807) is 32.9 Å². The van der Waals surface area contributed by atoms with E-state index in [0.29, 0.717) is 11.1 Å². The second-order valence-corrected chi connectivity index (χ2v) is 8.75. The standard InChI is InChI=1S/C9H15O10P3/c1-6-4-7(2)9(8(3)5-6)17-21(13,14)19-22(15,16)18-20(10,11)12/h4-5H,1-3H3,(H,13,14)(H,15,16)(H2,10,11,12). The first-order valence-electron chi connectivity index (χ1n) is 5.62. The van der Waals surface area contributed by atoms with Gasteiger partial charge in [0.15, 0.2) is 0 Å². The monoisotopic (exact) mass is 376 g/mol. The van der Waals surface area contributed by atoms with E-state index in [4.69, 9.17) is 19.2 Å². The van der Waals surface area contributed by atoms with Crippen LogP contribution in [0.4, 0.5) is 0 Å². The molecular formula is C9H15O10P3. The molecule has 126 valence electrons. The maximum Gasteiger partial charge on any atom is 0.536 e. The van der Waals surface area contributed by atoms with Gasteiger partial charge in [-0.1, -0.05) is 17.7 Å². The first kappa shape index (κ1) is 19.5. The van der Waals surface area contributed by atoms with Crippen molar-refractivity contribution in [2.45, 2.75) is 20.8 Å². The molecular weight excluding hydrogens is 361 g/mol. The van der Waals surface area contributed by atoms with Crippen LogP contribution in [0.1, 0.15) is 16.7 Å². The number of rotatable bonds is 6. The van der Waals surface area contributed by atoms with E-state index in [1.807, 2.05) is 0 Å². The molecule has 22 heavy (non-hydrogen) atoms. The van der Waals surface area contributed by atoms with Gasteiger partial charge in [0, 0.05) is 0 Å². The summed E-state index contributed by atoms with van der Waals surface area (Å²) in [6.45, 7) is 4.93. The van der Waals surface area contributed by atoms with Gasteiger partial charge in [-0.2, -0.15) is 8.62 Å². The maximum absolute atomic E-state index is 11.7. The van der Waals surface area contributed by atoms with Crippen LogP contribution in [0.15, 0.2) is 12.1 Å². The second-order valence-electron chi connectivity index (χ2n) is 4.41. The quantitative estimate of drug-likeness (QED) is 0.542. The highest BCUT2D eigenvalue weighted by molar-refractivity contribution is 7.66. The summed E-state index contributed by atoms with van der Waals surface area (Å²) in [6, 6.07) is 3.26. The van der Waals surface area contributed by atoms with Gasteiger partial charge in [-0.3, -0.25) is 4.89 Å². The second kappa shape index (κ2) is 6.53. The number of benzene rings is 1. The van der Waals surface area contributed by atoms with Gasteiger partial charge in [0.2, 0.25) is 0 Å². The molecule has 0 aliphatic carbocycles. The van der Waals surface area contributed by atoms with Gasteiger partial charge >= 0.3 is 23.5 Å². The van der Waals surface area contributed by atoms with Crippen molar-refractivity contribution in [3.8, 4) is 5.75 Å². The van der Waals surface area contributed by atoms with E-state index in [9.17, 15) is 18.6 Å². The summed E-state index contributed by atoms with van der Waals surface area (Å²) in [7, 11) is -16.1. The van der Waals surface area contributed by atoms with E-state index in [2.05, 4.69) is 8.62 Å². The third kappa shape index (κ3) is 6.30. The zero-order valence-electron chi connectivity index (χ0n) is 11.7. The molecule has 0 aromatic heterocycles. The molecule has 0 radical (unpaired) electrons. The highest BCUT2D eigenvalue weighted by Gasteiger charge is 2.41. The maximum atomic E-state index is 11.7. The smallest absolute Gasteiger partial charge is 0.403 e. The molecule has 0 aliphatic rings. The van der Waals surface area contributed by atoms with Crippen LogP contribution in [0.25, 0.3) is 0 Å². The Morgan fingerprint density at radius 1 is 0.818 bits per heavy atom. The van der Waals surface area contributed by atoms with Crippen LogP contribution in [0.5, 0.6) is 5.75 Å². The van der Waals surface area contributed by atoms with Gasteiger partial charge in [-0.15, -0.1) is 0 Å². The van der Waals surface area contributed by atoms with Crippen LogP contribution in [-0.4, -0.2) is 19.6 Å². The van der Waals surface area contributed by atoms with Crippen molar-refractivity contribution in [2.24, 2.45) is 0 Å². The van der Waals surface area contributed by atoms with Crippen molar-refractivity contribution in [2.75, 3.05) is 0 Å². The summed E-state index contributed by atoms with van der Waals surface area (Å²) in [5, 5.41) is 0. The summed E-state index contributed by atoms with van der Waals surface area (Å²) < 4.78 is 45.4. The summed E-state index contributed by atoms with van der Waals surface area (Å²) >= 11 is 0. The van der Waals surface area contributed by atoms with Crippen molar-refractivity contribution in [1.29, 1.82) is 0 Å². The van der Waals surface area contributed by atoms with Crippen LogP contribution >= 0.6 is 23.5 Å². The van der Waals surface area contributed by atoms with E-state index in [-0.39, 0.29) is 5.75 Å². The molecule has 0 spiro atoms. The van der Waals surface area contributed by atoms with Crippen molar-refractivity contribution in [3.05, 3.63) is 28.8 Å². The van der Waals surface area contributed by atoms with Crippen LogP contribution in [0.3, 0.4) is 0 Å². The lowest BCUT2D eigenvalue weighted by Gasteiger charge is -2.18. The molecule has 1 rings (SSSR count). The van der Waals surface area contributed by atoms with Crippen LogP contribution < -0.4 is 4.52 Å². The first-order chi connectivity index (χ1) is 9.71. The fourth-order valence-electron chi connectivity index (χ4n) is 1.72. The third-order valence-corrected chi connectivity index (χ3v) is 5.97. The van der Waals surface area contributed by atoms with Gasteiger partial charge < -0.3 is 19.2 Å². The average molecular weight is 376 g/mol. The molecule has 2 unspecified atom stereocenters. The lowest BCUT2D eigenvalue weighted by Crippen LogP contribution is -2.01. The predicted molar refractivity (Wildman–Crippen MR) is 75.1 cm³/mol. The van der Waals surface area contributed by atoms with Gasteiger partial charge in [-0.25, -0.2) is 13.7 Å². The molecule has 13 heteroatoms. The molecule has 0 amide bonds. The summed E-state index contributed by atoms with van der Waals surface area (Å²) in [6.07, 6.45) is 0. The predicted octanol–water partition coefficient (Wildman–Crippen LogP) is 2.32. The van der Waals surface area contributed by atoms with E-state index >= 15 is 0 Å². The van der Waals surface area contributed by atoms with Crippen molar-refractivity contribution in [1.82, 2.24) is 0 Å². The van der Waals surface area contributed by atoms with E-state index < -0.39 is 23.5 Å². The van der Waals surface area contributed by atoms with Gasteiger partial charge in [0.05, 0.1) is 0 Å². The molecule has 0 fully saturated rings. The Morgan fingerprint density at radius 2 is 1.27 bits per heavy atom. The molecule has 1 aromatic rings. The largest absolute Gasteiger partial charge is 0.536 e. The molecule has 10 nitrogen and oxygen atoms in total. The lowest BCUT2D eigenvalue weighted by atomic mass is 10.1. The Labute approximate surface area is 126 Å². The fourth-order valence-corrected chi connectivity index (χ4v) is 4.88. The van der Waals surface area contributed by atoms with Gasteiger partial charge in [-0.05, 0) is 31.9 Å². The fraction of sp³-hybridized carbons (Fsp3) is 0.333. The zero-order valence-corrected chi connectivity index (χ0v) is 14.4. The summed E-state index contributed by atoms with van der Waals surface area (Å²) in [5.74, 6) is -0.0624.